The Morgan fingerprint density at radius 3 is 1.76 bits per heavy atom. The van der Waals surface area contributed by atoms with Gasteiger partial charge in [-0.3, -0.25) is 15.0 Å². The Labute approximate surface area is 242 Å². The van der Waals surface area contributed by atoms with E-state index in [0.29, 0.717) is 0 Å². The zero-order valence-electron chi connectivity index (χ0n) is 22.5. The average Bonchev–Trinajstić information content (AvgIpc) is 3.08. The Morgan fingerprint density at radius 2 is 1.05 bits per heavy atom. The zero-order chi connectivity index (χ0) is 27.9. The van der Waals surface area contributed by atoms with Crippen molar-refractivity contribution in [1.29, 1.82) is 0 Å². The van der Waals surface area contributed by atoms with Gasteiger partial charge in [-0.25, -0.2) is 9.97 Å². The zero-order valence-corrected chi connectivity index (χ0v) is 22.5. The quantitative estimate of drug-likeness (QED) is 0.166. The summed E-state index contributed by atoms with van der Waals surface area (Å²) in [6.45, 7) is 0. The van der Waals surface area contributed by atoms with Crippen molar-refractivity contribution in [2.75, 3.05) is 0 Å². The Kier molecular flexibility index (Phi) is 5.71. The molecule has 3 aromatic carbocycles. The van der Waals surface area contributed by atoms with Gasteiger partial charge in [-0.05, 0) is 65.2 Å². The topological polar surface area (TPSA) is 64.5 Å². The van der Waals surface area contributed by atoms with Crippen LogP contribution in [0.15, 0.2) is 140 Å². The molecule has 0 spiro atoms. The van der Waals surface area contributed by atoms with E-state index in [-0.39, 0.29) is 0 Å². The SMILES string of the molecule is c1ccc(-c2cc(-c3ccc(-c4c5ccccc5nc5c4ccc4cccnc45)cc3)cc(-c3ccccn3)n2)nc1. The van der Waals surface area contributed by atoms with Crippen LogP contribution in [0.3, 0.4) is 0 Å². The third-order valence-electron chi connectivity index (χ3n) is 7.61. The van der Waals surface area contributed by atoms with Crippen molar-refractivity contribution >= 4 is 32.7 Å². The Bertz CT molecular complexity index is 2170. The van der Waals surface area contributed by atoms with Gasteiger partial charge in [0.1, 0.15) is 0 Å². The van der Waals surface area contributed by atoms with Crippen molar-refractivity contribution in [3.63, 3.8) is 0 Å². The van der Waals surface area contributed by atoms with E-state index in [1.165, 1.54) is 0 Å². The minimum absolute atomic E-state index is 0.809. The molecule has 0 saturated heterocycles. The summed E-state index contributed by atoms with van der Waals surface area (Å²) in [4.78, 5) is 23.8. The van der Waals surface area contributed by atoms with Gasteiger partial charge in [0.15, 0.2) is 0 Å². The fraction of sp³-hybridized carbons (Fsp3) is 0. The van der Waals surface area contributed by atoms with Gasteiger partial charge in [-0.2, -0.15) is 0 Å². The summed E-state index contributed by atoms with van der Waals surface area (Å²) in [5.41, 5.74) is 10.5. The molecule has 0 fully saturated rings. The largest absolute Gasteiger partial charge is 0.255 e. The highest BCUT2D eigenvalue weighted by molar-refractivity contribution is 6.15. The highest BCUT2D eigenvalue weighted by Gasteiger charge is 2.15. The van der Waals surface area contributed by atoms with Gasteiger partial charge in [0.2, 0.25) is 0 Å². The standard InChI is InChI=1S/C37H23N5/c1-2-10-30-28(9-1)35(29-18-17-26-8-7-21-40-36(26)37(29)42-30)25-15-13-24(14-16-25)27-22-33(31-11-3-5-19-38-31)41-34(23-27)32-12-4-6-20-39-32/h1-23H. The molecule has 0 N–H and O–H groups in total. The second kappa shape index (κ2) is 9.98. The van der Waals surface area contributed by atoms with Gasteiger partial charge >= 0.3 is 0 Å². The molecule has 5 nitrogen and oxygen atoms in total. The van der Waals surface area contributed by atoms with Gasteiger partial charge < -0.3 is 0 Å². The molecule has 0 aliphatic carbocycles. The van der Waals surface area contributed by atoms with Gasteiger partial charge in [0.05, 0.1) is 39.3 Å². The number of fused-ring (bicyclic) bond motifs is 4. The lowest BCUT2D eigenvalue weighted by Gasteiger charge is -2.14. The van der Waals surface area contributed by atoms with Crippen LogP contribution in [0.1, 0.15) is 0 Å². The number of nitrogens with zero attached hydrogens (tertiary/aromatic N) is 5. The lowest BCUT2D eigenvalue weighted by atomic mass is 9.93. The maximum absolute atomic E-state index is 5.05. The van der Waals surface area contributed by atoms with E-state index in [2.05, 4.69) is 82.8 Å². The monoisotopic (exact) mass is 537 g/mol. The summed E-state index contributed by atoms with van der Waals surface area (Å²) in [7, 11) is 0. The molecule has 0 aliphatic heterocycles. The third kappa shape index (κ3) is 4.16. The summed E-state index contributed by atoms with van der Waals surface area (Å²) in [5.74, 6) is 0. The van der Waals surface area contributed by atoms with Gasteiger partial charge in [0, 0.05) is 40.3 Å². The first-order valence-electron chi connectivity index (χ1n) is 13.8. The van der Waals surface area contributed by atoms with E-state index < -0.39 is 0 Å². The Morgan fingerprint density at radius 1 is 0.381 bits per heavy atom. The van der Waals surface area contributed by atoms with E-state index in [4.69, 9.17) is 15.0 Å². The van der Waals surface area contributed by atoms with Crippen LogP contribution in [0, 0.1) is 0 Å². The highest BCUT2D eigenvalue weighted by Crippen LogP contribution is 2.38. The van der Waals surface area contributed by atoms with Crippen LogP contribution in [-0.4, -0.2) is 24.9 Å². The van der Waals surface area contributed by atoms with Crippen LogP contribution in [-0.2, 0) is 0 Å². The van der Waals surface area contributed by atoms with Crippen LogP contribution in [0.25, 0.3) is 77.7 Å². The minimum atomic E-state index is 0.809. The highest BCUT2D eigenvalue weighted by atomic mass is 14.8. The number of aromatic nitrogens is 5. The van der Waals surface area contributed by atoms with Crippen LogP contribution in [0.2, 0.25) is 0 Å². The smallest absolute Gasteiger partial charge is 0.0978 e. The van der Waals surface area contributed by atoms with Crippen molar-refractivity contribution in [1.82, 2.24) is 24.9 Å². The van der Waals surface area contributed by atoms with Crippen molar-refractivity contribution in [3.8, 4) is 45.0 Å². The number of pyridine rings is 5. The molecule has 5 heterocycles. The van der Waals surface area contributed by atoms with E-state index in [9.17, 15) is 0 Å². The molecule has 8 rings (SSSR count). The molecule has 8 aromatic rings. The number of hydrogen-bond acceptors (Lipinski definition) is 5. The molecular formula is C37H23N5. The molecular weight excluding hydrogens is 514 g/mol. The summed E-state index contributed by atoms with van der Waals surface area (Å²) in [5, 5.41) is 3.29. The molecule has 0 bridgehead atoms. The molecule has 0 amide bonds. The Balaban J connectivity index is 1.30. The van der Waals surface area contributed by atoms with Crippen molar-refractivity contribution < 1.29 is 0 Å². The lowest BCUT2D eigenvalue weighted by Crippen LogP contribution is -1.94. The fourth-order valence-corrected chi connectivity index (χ4v) is 5.62. The first-order chi connectivity index (χ1) is 20.8. The van der Waals surface area contributed by atoms with Crippen LogP contribution in [0.4, 0.5) is 0 Å². The summed E-state index contributed by atoms with van der Waals surface area (Å²) in [6, 6.07) is 41.4. The van der Waals surface area contributed by atoms with Gasteiger partial charge in [0.25, 0.3) is 0 Å². The molecule has 0 aliphatic rings. The number of benzene rings is 3. The van der Waals surface area contributed by atoms with Crippen LogP contribution in [0.5, 0.6) is 0 Å². The fourth-order valence-electron chi connectivity index (χ4n) is 5.62. The Hall–Kier alpha value is -5.81. The third-order valence-corrected chi connectivity index (χ3v) is 7.61. The molecule has 0 unspecified atom stereocenters. The van der Waals surface area contributed by atoms with E-state index in [1.807, 2.05) is 54.7 Å². The molecule has 5 heteroatoms. The van der Waals surface area contributed by atoms with Crippen molar-refractivity contribution in [2.24, 2.45) is 0 Å². The molecule has 5 aromatic heterocycles. The molecule has 42 heavy (non-hydrogen) atoms. The van der Waals surface area contributed by atoms with Crippen molar-refractivity contribution in [3.05, 3.63) is 140 Å². The molecule has 0 saturated carbocycles. The number of rotatable bonds is 4. The summed E-state index contributed by atoms with van der Waals surface area (Å²) in [6.07, 6.45) is 5.42. The number of para-hydroxylation sites is 1. The second-order valence-electron chi connectivity index (χ2n) is 10.2. The minimum Gasteiger partial charge on any atom is -0.255 e. The second-order valence-corrected chi connectivity index (χ2v) is 10.2. The van der Waals surface area contributed by atoms with E-state index in [0.717, 1.165) is 77.7 Å². The maximum atomic E-state index is 5.05. The van der Waals surface area contributed by atoms with Gasteiger partial charge in [-0.1, -0.05) is 72.8 Å². The van der Waals surface area contributed by atoms with Gasteiger partial charge in [-0.15, -0.1) is 0 Å². The average molecular weight is 538 g/mol. The number of hydrogen-bond donors (Lipinski definition) is 0. The first kappa shape index (κ1) is 24.0. The van der Waals surface area contributed by atoms with E-state index in [1.54, 1.807) is 12.4 Å². The molecule has 196 valence electrons. The molecule has 0 radical (unpaired) electrons. The van der Waals surface area contributed by atoms with E-state index >= 15 is 0 Å². The van der Waals surface area contributed by atoms with Crippen LogP contribution < -0.4 is 0 Å². The van der Waals surface area contributed by atoms with Crippen LogP contribution >= 0.6 is 0 Å². The summed E-state index contributed by atoms with van der Waals surface area (Å²) < 4.78 is 0. The van der Waals surface area contributed by atoms with Crippen molar-refractivity contribution in [2.45, 2.75) is 0 Å². The predicted molar refractivity (Wildman–Crippen MR) is 170 cm³/mol. The summed E-state index contributed by atoms with van der Waals surface area (Å²) >= 11 is 0. The predicted octanol–water partition coefficient (Wildman–Crippen LogP) is 8.79. The lowest BCUT2D eigenvalue weighted by molar-refractivity contribution is 1.22. The maximum Gasteiger partial charge on any atom is 0.0978 e. The normalized spacial score (nSPS) is 11.3. The molecule has 0 atom stereocenters. The first-order valence-corrected chi connectivity index (χ1v) is 13.8.